The number of hydrogen-bond acceptors (Lipinski definition) is 3. The van der Waals surface area contributed by atoms with Gasteiger partial charge in [-0.15, -0.1) is 0 Å². The van der Waals surface area contributed by atoms with Crippen molar-refractivity contribution in [2.75, 3.05) is 0 Å². The van der Waals surface area contributed by atoms with Gasteiger partial charge in [0.05, 0.1) is 12.1 Å². The van der Waals surface area contributed by atoms with Crippen molar-refractivity contribution in [2.45, 2.75) is 19.5 Å². The van der Waals surface area contributed by atoms with Gasteiger partial charge in [0.1, 0.15) is 5.82 Å². The van der Waals surface area contributed by atoms with E-state index in [9.17, 15) is 19.1 Å². The number of carboxylic acids is 1. The summed E-state index contributed by atoms with van der Waals surface area (Å²) in [5.41, 5.74) is 1.53. The third-order valence-electron chi connectivity index (χ3n) is 3.78. The van der Waals surface area contributed by atoms with Crippen LogP contribution in [0.2, 0.25) is 0 Å². The van der Waals surface area contributed by atoms with E-state index in [2.05, 4.69) is 0 Å². The van der Waals surface area contributed by atoms with Crippen LogP contribution >= 0.6 is 0 Å². The van der Waals surface area contributed by atoms with Gasteiger partial charge in [-0.25, -0.2) is 9.18 Å². The minimum atomic E-state index is -1.58. The molecule has 1 atom stereocenters. The molecule has 0 saturated heterocycles. The molecule has 6 heteroatoms. The summed E-state index contributed by atoms with van der Waals surface area (Å²) in [7, 11) is 0. The zero-order chi connectivity index (χ0) is 18.4. The number of nitrogens with zero attached hydrogens (tertiary/aromatic N) is 1. The van der Waals surface area contributed by atoms with E-state index in [1.165, 1.54) is 17.0 Å². The van der Waals surface area contributed by atoms with Crippen LogP contribution in [0.4, 0.5) is 4.39 Å². The molecule has 0 heterocycles. The van der Waals surface area contributed by atoms with Crippen molar-refractivity contribution >= 4 is 11.9 Å². The molecule has 2 rings (SSSR count). The van der Waals surface area contributed by atoms with Gasteiger partial charge >= 0.3 is 5.97 Å². The first-order valence-corrected chi connectivity index (χ1v) is 7.62. The van der Waals surface area contributed by atoms with Crippen LogP contribution in [-0.2, 0) is 16.1 Å². The molecule has 0 aliphatic rings. The molecule has 0 aromatic heterocycles. The number of halogens is 1. The zero-order valence-corrected chi connectivity index (χ0v) is 13.6. The number of aliphatic hydroxyl groups is 1. The summed E-state index contributed by atoms with van der Waals surface area (Å²) in [5.74, 6) is -3.65. The molecule has 1 amide bonds. The number of carbonyl (C=O) groups excluding carboxylic acids is 1. The van der Waals surface area contributed by atoms with Gasteiger partial charge in [-0.3, -0.25) is 4.79 Å². The van der Waals surface area contributed by atoms with E-state index in [0.29, 0.717) is 11.6 Å². The quantitative estimate of drug-likeness (QED) is 0.622. The molecule has 0 radical (unpaired) electrons. The van der Waals surface area contributed by atoms with E-state index in [-0.39, 0.29) is 18.4 Å². The molecule has 2 N–H and O–H groups in total. The van der Waals surface area contributed by atoms with Crippen molar-refractivity contribution in [1.82, 2.24) is 4.90 Å². The van der Waals surface area contributed by atoms with Crippen LogP contribution in [0.15, 0.2) is 66.4 Å². The Kier molecular flexibility index (Phi) is 5.89. The summed E-state index contributed by atoms with van der Waals surface area (Å²) in [6, 6.07) is 14.5. The molecule has 0 aliphatic carbocycles. The van der Waals surface area contributed by atoms with E-state index in [1.54, 1.807) is 19.1 Å². The Balaban J connectivity index is 2.33. The number of aliphatic carboxylic acids is 1. The van der Waals surface area contributed by atoms with Gasteiger partial charge in [0.2, 0.25) is 5.76 Å². The molecule has 25 heavy (non-hydrogen) atoms. The summed E-state index contributed by atoms with van der Waals surface area (Å²) >= 11 is 0. The third-order valence-corrected chi connectivity index (χ3v) is 3.78. The van der Waals surface area contributed by atoms with Crippen LogP contribution in [0.1, 0.15) is 24.1 Å². The smallest absolute Gasteiger partial charge is 0.371 e. The molecule has 5 nitrogen and oxygen atoms in total. The number of hydrogen-bond donors (Lipinski definition) is 2. The number of rotatable bonds is 6. The highest BCUT2D eigenvalue weighted by Crippen LogP contribution is 2.23. The first-order valence-electron chi connectivity index (χ1n) is 7.62. The van der Waals surface area contributed by atoms with Crippen LogP contribution in [0.25, 0.3) is 0 Å². The highest BCUT2D eigenvalue weighted by molar-refractivity contribution is 5.96. The molecule has 130 valence electrons. The normalized spacial score (nSPS) is 12.5. The Morgan fingerprint density at radius 2 is 1.68 bits per heavy atom. The molecule has 1 unspecified atom stereocenters. The fourth-order valence-electron chi connectivity index (χ4n) is 2.37. The van der Waals surface area contributed by atoms with Crippen molar-refractivity contribution < 1.29 is 24.2 Å². The Hall–Kier alpha value is -3.15. The minimum absolute atomic E-state index is 0.137. The largest absolute Gasteiger partial charge is 0.502 e. The van der Waals surface area contributed by atoms with Crippen molar-refractivity contribution in [2.24, 2.45) is 0 Å². The maximum Gasteiger partial charge on any atom is 0.371 e. The lowest BCUT2D eigenvalue weighted by molar-refractivity contribution is -0.136. The summed E-state index contributed by atoms with van der Waals surface area (Å²) < 4.78 is 13.1. The molecular formula is C19H18FNO4. The second-order valence-corrected chi connectivity index (χ2v) is 5.51. The van der Waals surface area contributed by atoms with E-state index in [1.807, 2.05) is 30.3 Å². The van der Waals surface area contributed by atoms with E-state index in [4.69, 9.17) is 5.11 Å². The molecule has 2 aromatic rings. The van der Waals surface area contributed by atoms with Gasteiger partial charge in [0.15, 0.2) is 0 Å². The maximum atomic E-state index is 13.1. The Bertz CT molecular complexity index is 772. The number of benzene rings is 2. The average molecular weight is 343 g/mol. The monoisotopic (exact) mass is 343 g/mol. The predicted molar refractivity (Wildman–Crippen MR) is 90.2 cm³/mol. The van der Waals surface area contributed by atoms with Gasteiger partial charge in [0.25, 0.3) is 5.91 Å². The van der Waals surface area contributed by atoms with Crippen LogP contribution in [0.3, 0.4) is 0 Å². The molecule has 0 spiro atoms. The highest BCUT2D eigenvalue weighted by atomic mass is 19.1. The number of carboxylic acid groups (broad SMARTS) is 1. The summed E-state index contributed by atoms with van der Waals surface area (Å²) in [4.78, 5) is 24.7. The predicted octanol–water partition coefficient (Wildman–Crippen LogP) is 3.44. The standard InChI is InChI=1S/C19H18FNO4/c1-13(15-5-3-2-4-6-15)21(18(23)11-17(22)19(24)25)12-14-7-9-16(20)10-8-14/h2-11,13,22H,12H2,1H3,(H,24,25)/b17-11-. The zero-order valence-electron chi connectivity index (χ0n) is 13.6. The van der Waals surface area contributed by atoms with Gasteiger partial charge in [-0.05, 0) is 30.2 Å². The van der Waals surface area contributed by atoms with Gasteiger partial charge < -0.3 is 15.1 Å². The average Bonchev–Trinajstić information content (AvgIpc) is 2.61. The van der Waals surface area contributed by atoms with E-state index < -0.39 is 17.6 Å². The topological polar surface area (TPSA) is 77.8 Å². The fraction of sp³-hybridized carbons (Fsp3) is 0.158. The van der Waals surface area contributed by atoms with Gasteiger partial charge in [-0.2, -0.15) is 0 Å². The van der Waals surface area contributed by atoms with Crippen molar-refractivity contribution in [3.8, 4) is 0 Å². The molecular weight excluding hydrogens is 325 g/mol. The SMILES string of the molecule is CC(c1ccccc1)N(Cc1ccc(F)cc1)C(=O)/C=C(\O)C(=O)O. The van der Waals surface area contributed by atoms with Crippen molar-refractivity contribution in [3.05, 3.63) is 83.4 Å². The van der Waals surface area contributed by atoms with Gasteiger partial charge in [-0.1, -0.05) is 42.5 Å². The number of amides is 1. The second-order valence-electron chi connectivity index (χ2n) is 5.51. The molecule has 0 saturated carbocycles. The lowest BCUT2D eigenvalue weighted by atomic mass is 10.1. The molecule has 0 fully saturated rings. The van der Waals surface area contributed by atoms with Crippen LogP contribution < -0.4 is 0 Å². The summed E-state index contributed by atoms with van der Waals surface area (Å²) in [6.07, 6.45) is 0.672. The molecule has 2 aromatic carbocycles. The maximum absolute atomic E-state index is 13.1. The molecule has 0 aliphatic heterocycles. The first kappa shape index (κ1) is 18.2. The summed E-state index contributed by atoms with van der Waals surface area (Å²) in [6.45, 7) is 1.93. The summed E-state index contributed by atoms with van der Waals surface area (Å²) in [5, 5.41) is 18.1. The second kappa shape index (κ2) is 8.10. The van der Waals surface area contributed by atoms with Crippen LogP contribution in [0, 0.1) is 5.82 Å². The van der Waals surface area contributed by atoms with E-state index in [0.717, 1.165) is 5.56 Å². The lowest BCUT2D eigenvalue weighted by Gasteiger charge is -2.29. The Morgan fingerprint density at radius 1 is 1.08 bits per heavy atom. The lowest BCUT2D eigenvalue weighted by Crippen LogP contribution is -2.32. The van der Waals surface area contributed by atoms with Crippen molar-refractivity contribution in [3.63, 3.8) is 0 Å². The highest BCUT2D eigenvalue weighted by Gasteiger charge is 2.22. The minimum Gasteiger partial charge on any atom is -0.502 e. The van der Waals surface area contributed by atoms with Crippen LogP contribution in [-0.4, -0.2) is 27.0 Å². The number of aliphatic hydroxyl groups excluding tert-OH is 1. The van der Waals surface area contributed by atoms with Crippen LogP contribution in [0.5, 0.6) is 0 Å². The first-order chi connectivity index (χ1) is 11.9. The fourth-order valence-corrected chi connectivity index (χ4v) is 2.37. The number of carbonyl (C=O) groups is 2. The van der Waals surface area contributed by atoms with Crippen molar-refractivity contribution in [1.29, 1.82) is 0 Å². The van der Waals surface area contributed by atoms with E-state index >= 15 is 0 Å². The molecule has 0 bridgehead atoms. The Morgan fingerprint density at radius 3 is 2.24 bits per heavy atom. The Labute approximate surface area is 144 Å². The van der Waals surface area contributed by atoms with Gasteiger partial charge in [0, 0.05) is 6.54 Å². The third kappa shape index (κ3) is 4.91.